The fraction of sp³-hybridized carbons (Fsp3) is 0.474. The molecule has 1 N–H and O–H groups in total. The van der Waals surface area contributed by atoms with E-state index in [1.54, 1.807) is 6.21 Å². The molecule has 1 atom stereocenters. The zero-order valence-electron chi connectivity index (χ0n) is 14.6. The van der Waals surface area contributed by atoms with Crippen molar-refractivity contribution in [2.45, 2.75) is 26.2 Å². The number of carboxylic acid groups (broad SMARTS) is 1. The van der Waals surface area contributed by atoms with Gasteiger partial charge in [-0.1, -0.05) is 48.5 Å². The quantitative estimate of drug-likeness (QED) is 0.433. The van der Waals surface area contributed by atoms with Crippen LogP contribution in [0, 0.1) is 5.92 Å². The maximum atomic E-state index is 11.1. The number of carboxylic acids is 1. The summed E-state index contributed by atoms with van der Waals surface area (Å²) in [5.41, 5.74) is 2.16. The highest BCUT2D eigenvalue weighted by atomic mass is 35.5. The van der Waals surface area contributed by atoms with Crippen LogP contribution in [0.5, 0.6) is 0 Å². The Morgan fingerprint density at radius 3 is 2.84 bits per heavy atom. The molecular formula is C19H27ClN2O3. The summed E-state index contributed by atoms with van der Waals surface area (Å²) in [7, 11) is 0. The van der Waals surface area contributed by atoms with Crippen LogP contribution < -0.4 is 0 Å². The van der Waals surface area contributed by atoms with E-state index in [2.05, 4.69) is 23.1 Å². The second kappa shape index (κ2) is 11.7. The molecule has 1 aliphatic rings. The van der Waals surface area contributed by atoms with Gasteiger partial charge in [0.1, 0.15) is 6.61 Å². The molecule has 1 heterocycles. The lowest BCUT2D eigenvalue weighted by Gasteiger charge is -2.29. The topological polar surface area (TPSA) is 62.1 Å². The number of benzene rings is 1. The maximum absolute atomic E-state index is 11.1. The number of rotatable bonds is 8. The molecule has 0 amide bonds. The maximum Gasteiger partial charge on any atom is 0.307 e. The number of likely N-dealkylation sites (tertiary alicyclic amines) is 1. The first-order chi connectivity index (χ1) is 11.7. The lowest BCUT2D eigenvalue weighted by atomic mass is 9.98. The van der Waals surface area contributed by atoms with Gasteiger partial charge in [0.2, 0.25) is 0 Å². The van der Waals surface area contributed by atoms with Crippen molar-refractivity contribution in [1.29, 1.82) is 0 Å². The summed E-state index contributed by atoms with van der Waals surface area (Å²) in [4.78, 5) is 18.6. The van der Waals surface area contributed by atoms with Crippen molar-refractivity contribution in [1.82, 2.24) is 4.90 Å². The molecule has 0 unspecified atom stereocenters. The van der Waals surface area contributed by atoms with E-state index in [9.17, 15) is 4.79 Å². The highest BCUT2D eigenvalue weighted by molar-refractivity contribution is 6.09. The zero-order chi connectivity index (χ0) is 17.2. The molecule has 1 aromatic carbocycles. The zero-order valence-corrected chi connectivity index (χ0v) is 15.5. The summed E-state index contributed by atoms with van der Waals surface area (Å²) in [6.07, 6.45) is 6.49. The number of allylic oxidation sites excluding steroid dienone is 2. The van der Waals surface area contributed by atoms with Crippen LogP contribution in [0.4, 0.5) is 0 Å². The standard InChI is InChI=1S/C19H26N2O3.ClH/c1-2-7-17(16-8-4-3-5-9-16)14-20-24-13-12-21-11-6-10-18(15-21)19(22)23;/h3-5,7-9,14,18H,2,6,10-13,15H2,1H3,(H,22,23);1H/t18-;/m1./s1. The number of hydrogen-bond acceptors (Lipinski definition) is 4. The Morgan fingerprint density at radius 2 is 2.16 bits per heavy atom. The third kappa shape index (κ3) is 7.28. The van der Waals surface area contributed by atoms with Crippen molar-refractivity contribution < 1.29 is 14.7 Å². The highest BCUT2D eigenvalue weighted by Gasteiger charge is 2.24. The van der Waals surface area contributed by atoms with Crippen molar-refractivity contribution >= 4 is 30.2 Å². The van der Waals surface area contributed by atoms with Gasteiger partial charge >= 0.3 is 5.97 Å². The summed E-state index contributed by atoms with van der Waals surface area (Å²) in [5.74, 6) is -0.949. The van der Waals surface area contributed by atoms with Crippen molar-refractivity contribution in [3.8, 4) is 0 Å². The largest absolute Gasteiger partial charge is 0.481 e. The molecule has 1 fully saturated rings. The summed E-state index contributed by atoms with van der Waals surface area (Å²) in [6, 6.07) is 10.1. The van der Waals surface area contributed by atoms with Gasteiger partial charge in [-0.05, 0) is 36.9 Å². The molecule has 1 saturated heterocycles. The van der Waals surface area contributed by atoms with Gasteiger partial charge in [0.05, 0.1) is 12.1 Å². The molecule has 0 aliphatic carbocycles. The van der Waals surface area contributed by atoms with Gasteiger partial charge in [0, 0.05) is 13.1 Å². The molecule has 25 heavy (non-hydrogen) atoms. The number of aliphatic carboxylic acids is 1. The van der Waals surface area contributed by atoms with Gasteiger partial charge in [-0.15, -0.1) is 12.4 Å². The fourth-order valence-corrected chi connectivity index (χ4v) is 2.87. The van der Waals surface area contributed by atoms with Crippen LogP contribution in [-0.4, -0.2) is 48.4 Å². The van der Waals surface area contributed by atoms with E-state index in [-0.39, 0.29) is 18.3 Å². The molecule has 0 spiro atoms. The van der Waals surface area contributed by atoms with Crippen molar-refractivity contribution in [3.63, 3.8) is 0 Å². The first-order valence-corrected chi connectivity index (χ1v) is 8.56. The normalized spacial score (nSPS) is 18.8. The van der Waals surface area contributed by atoms with Crippen LogP contribution in [-0.2, 0) is 9.63 Å². The van der Waals surface area contributed by atoms with E-state index in [1.165, 1.54) is 0 Å². The van der Waals surface area contributed by atoms with E-state index in [4.69, 9.17) is 9.94 Å². The summed E-state index contributed by atoms with van der Waals surface area (Å²) >= 11 is 0. The lowest BCUT2D eigenvalue weighted by Crippen LogP contribution is -2.40. The minimum absolute atomic E-state index is 0. The SMILES string of the molecule is CCC=C(C=NOCCN1CCC[C@@H](C(=O)O)C1)c1ccccc1.Cl. The molecule has 0 radical (unpaired) electrons. The van der Waals surface area contributed by atoms with E-state index < -0.39 is 5.97 Å². The van der Waals surface area contributed by atoms with Gasteiger partial charge in [-0.25, -0.2) is 0 Å². The lowest BCUT2D eigenvalue weighted by molar-refractivity contribution is -0.143. The van der Waals surface area contributed by atoms with Crippen LogP contribution in [0.15, 0.2) is 41.6 Å². The van der Waals surface area contributed by atoms with Crippen LogP contribution in [0.25, 0.3) is 5.57 Å². The Hall–Kier alpha value is -1.85. The molecule has 5 nitrogen and oxygen atoms in total. The molecule has 0 aromatic heterocycles. The molecule has 6 heteroatoms. The Bertz CT molecular complexity index is 575. The molecule has 1 aliphatic heterocycles. The van der Waals surface area contributed by atoms with Gasteiger partial charge < -0.3 is 9.94 Å². The van der Waals surface area contributed by atoms with Crippen LogP contribution >= 0.6 is 12.4 Å². The fourth-order valence-electron chi connectivity index (χ4n) is 2.87. The molecule has 0 saturated carbocycles. The number of carbonyl (C=O) groups is 1. The molecular weight excluding hydrogens is 340 g/mol. The number of oxime groups is 1. The first kappa shape index (κ1) is 21.2. The summed E-state index contributed by atoms with van der Waals surface area (Å²) in [5, 5.41) is 13.2. The Labute approximate surface area is 155 Å². The van der Waals surface area contributed by atoms with Crippen LogP contribution in [0.3, 0.4) is 0 Å². The first-order valence-electron chi connectivity index (χ1n) is 8.56. The van der Waals surface area contributed by atoms with Crippen molar-refractivity contribution in [2.75, 3.05) is 26.2 Å². The van der Waals surface area contributed by atoms with Gasteiger partial charge in [-0.2, -0.15) is 0 Å². The van der Waals surface area contributed by atoms with Crippen LogP contribution in [0.2, 0.25) is 0 Å². The van der Waals surface area contributed by atoms with E-state index in [1.807, 2.05) is 30.3 Å². The smallest absolute Gasteiger partial charge is 0.307 e. The van der Waals surface area contributed by atoms with E-state index in [0.717, 1.165) is 36.9 Å². The Balaban J connectivity index is 0.00000312. The average Bonchev–Trinajstić information content (AvgIpc) is 2.61. The third-order valence-electron chi connectivity index (χ3n) is 4.15. The highest BCUT2D eigenvalue weighted by Crippen LogP contribution is 2.16. The number of hydrogen-bond donors (Lipinski definition) is 1. The predicted octanol–water partition coefficient (Wildman–Crippen LogP) is 3.70. The van der Waals surface area contributed by atoms with Crippen molar-refractivity contribution in [3.05, 3.63) is 42.0 Å². The predicted molar refractivity (Wildman–Crippen MR) is 103 cm³/mol. The van der Waals surface area contributed by atoms with Crippen LogP contribution in [0.1, 0.15) is 31.7 Å². The molecule has 0 bridgehead atoms. The molecule has 138 valence electrons. The van der Waals surface area contributed by atoms with Gasteiger partial charge in [-0.3, -0.25) is 9.69 Å². The minimum Gasteiger partial charge on any atom is -0.481 e. The summed E-state index contributed by atoms with van der Waals surface area (Å²) < 4.78 is 0. The minimum atomic E-state index is -0.698. The number of halogens is 1. The molecule has 1 aromatic rings. The van der Waals surface area contributed by atoms with E-state index in [0.29, 0.717) is 19.7 Å². The average molecular weight is 367 g/mol. The Kier molecular flexibility index (Phi) is 9.88. The van der Waals surface area contributed by atoms with Crippen molar-refractivity contribution in [2.24, 2.45) is 11.1 Å². The van der Waals surface area contributed by atoms with Gasteiger partial charge in [0.15, 0.2) is 0 Å². The third-order valence-corrected chi connectivity index (χ3v) is 4.15. The van der Waals surface area contributed by atoms with Gasteiger partial charge in [0.25, 0.3) is 0 Å². The monoisotopic (exact) mass is 366 g/mol. The second-order valence-corrected chi connectivity index (χ2v) is 5.98. The Morgan fingerprint density at radius 1 is 1.40 bits per heavy atom. The van der Waals surface area contributed by atoms with E-state index >= 15 is 0 Å². The number of nitrogens with zero attached hydrogens (tertiary/aromatic N) is 2. The number of piperidine rings is 1. The summed E-state index contributed by atoms with van der Waals surface area (Å²) in [6.45, 7) is 4.80. The second-order valence-electron chi connectivity index (χ2n) is 5.98. The molecule has 2 rings (SSSR count).